The van der Waals surface area contributed by atoms with Gasteiger partial charge in [0.15, 0.2) is 8.32 Å². The highest BCUT2D eigenvalue weighted by molar-refractivity contribution is 7.85. The lowest BCUT2D eigenvalue weighted by atomic mass is 10.1. The molecule has 21 heavy (non-hydrogen) atoms. The maximum absolute atomic E-state index is 11.1. The van der Waals surface area contributed by atoms with Gasteiger partial charge in [-0.1, -0.05) is 25.9 Å². The Hall–Kier alpha value is -0.603. The van der Waals surface area contributed by atoms with Crippen molar-refractivity contribution in [2.24, 2.45) is 11.0 Å². The maximum Gasteiger partial charge on any atom is 0.264 e. The van der Waals surface area contributed by atoms with Crippen molar-refractivity contribution in [1.29, 1.82) is 0 Å². The zero-order valence-electron chi connectivity index (χ0n) is 13.8. The smallest absolute Gasteiger partial charge is 0.264 e. The second kappa shape index (κ2) is 8.14. The number of nitrogens with zero attached hydrogens (tertiary/aromatic N) is 3. The van der Waals surface area contributed by atoms with Crippen molar-refractivity contribution in [2.45, 2.75) is 45.3 Å². The largest absolute Gasteiger partial charge is 0.416 e. The highest BCUT2D eigenvalue weighted by Crippen LogP contribution is 2.36. The van der Waals surface area contributed by atoms with Crippen LogP contribution in [0.25, 0.3) is 10.4 Å². The van der Waals surface area contributed by atoms with Crippen LogP contribution in [0.15, 0.2) is 5.11 Å². The zero-order valence-corrected chi connectivity index (χ0v) is 15.6. The zero-order chi connectivity index (χ0) is 16.7. The van der Waals surface area contributed by atoms with Crippen LogP contribution in [0.2, 0.25) is 18.1 Å². The predicted octanol–water partition coefficient (Wildman–Crippen LogP) is 3.30. The van der Waals surface area contributed by atoms with E-state index >= 15 is 0 Å². The Labute approximate surface area is 128 Å². The fraction of sp³-hybridized carbons (Fsp3) is 1.00. The van der Waals surface area contributed by atoms with Crippen LogP contribution in [0.3, 0.4) is 0 Å². The van der Waals surface area contributed by atoms with Gasteiger partial charge in [0.25, 0.3) is 10.1 Å². The Balaban J connectivity index is 4.62. The molecule has 0 aliphatic carbocycles. The van der Waals surface area contributed by atoms with Crippen molar-refractivity contribution in [3.8, 4) is 0 Å². The molecule has 9 heteroatoms. The van der Waals surface area contributed by atoms with Crippen molar-refractivity contribution in [1.82, 2.24) is 0 Å². The summed E-state index contributed by atoms with van der Waals surface area (Å²) >= 11 is 0. The quantitative estimate of drug-likeness (QED) is 0.212. The van der Waals surface area contributed by atoms with E-state index in [-0.39, 0.29) is 17.6 Å². The third-order valence-corrected chi connectivity index (χ3v) is 8.77. The van der Waals surface area contributed by atoms with Crippen molar-refractivity contribution in [3.63, 3.8) is 0 Å². The van der Waals surface area contributed by atoms with Crippen LogP contribution in [-0.2, 0) is 18.7 Å². The molecule has 0 bridgehead atoms. The molecule has 124 valence electrons. The van der Waals surface area contributed by atoms with Crippen LogP contribution < -0.4 is 0 Å². The normalized spacial score (nSPS) is 14.6. The van der Waals surface area contributed by atoms with Gasteiger partial charge in [-0.15, -0.1) is 0 Å². The van der Waals surface area contributed by atoms with Gasteiger partial charge in [-0.2, -0.15) is 8.42 Å². The first-order chi connectivity index (χ1) is 9.39. The second-order valence-electron chi connectivity index (χ2n) is 6.67. The van der Waals surface area contributed by atoms with E-state index in [1.807, 2.05) is 0 Å². The monoisotopic (exact) mass is 337 g/mol. The van der Waals surface area contributed by atoms with Crippen LogP contribution in [-0.4, -0.2) is 42.7 Å². The molecular weight excluding hydrogens is 310 g/mol. The number of rotatable bonds is 9. The predicted molar refractivity (Wildman–Crippen MR) is 86.1 cm³/mol. The van der Waals surface area contributed by atoms with Gasteiger partial charge in [0, 0.05) is 24.0 Å². The molecule has 7 nitrogen and oxygen atoms in total. The molecule has 1 atom stereocenters. The molecule has 0 aromatic carbocycles. The molecule has 0 rings (SSSR count). The SMILES string of the molecule is CC(C)(C)[Si](C)(C)OC[C@@H](CCN=[N+]=[N-])COS(C)(=O)=O. The fourth-order valence-corrected chi connectivity index (χ4v) is 2.79. The average Bonchev–Trinajstić information content (AvgIpc) is 2.29. The molecule has 0 spiro atoms. The first-order valence-corrected chi connectivity index (χ1v) is 11.6. The molecule has 0 aliphatic heterocycles. The van der Waals surface area contributed by atoms with E-state index in [2.05, 4.69) is 43.9 Å². The summed E-state index contributed by atoms with van der Waals surface area (Å²) in [5.41, 5.74) is 8.31. The van der Waals surface area contributed by atoms with Crippen LogP contribution in [0.1, 0.15) is 27.2 Å². The summed E-state index contributed by atoms with van der Waals surface area (Å²) in [7, 11) is -5.38. The number of hydrogen-bond donors (Lipinski definition) is 0. The minimum Gasteiger partial charge on any atom is -0.416 e. The molecule has 0 aromatic rings. The van der Waals surface area contributed by atoms with Gasteiger partial charge in [0.05, 0.1) is 12.9 Å². The van der Waals surface area contributed by atoms with Gasteiger partial charge < -0.3 is 4.43 Å². The molecule has 0 fully saturated rings. The first-order valence-electron chi connectivity index (χ1n) is 6.88. The minimum atomic E-state index is -3.48. The average molecular weight is 338 g/mol. The van der Waals surface area contributed by atoms with E-state index in [1.165, 1.54) is 0 Å². The lowest BCUT2D eigenvalue weighted by molar-refractivity contribution is 0.165. The summed E-state index contributed by atoms with van der Waals surface area (Å²) in [6.45, 7) is 11.4. The van der Waals surface area contributed by atoms with Gasteiger partial charge >= 0.3 is 0 Å². The standard InChI is InChI=1S/C12H27N3O4SSi/c1-12(2,3)21(5,6)19-10-11(7-8-14-15-13)9-18-20(4,16)17/h11H,7-10H2,1-6H3/t11-/m0/s1. The van der Waals surface area contributed by atoms with Gasteiger partial charge in [0.1, 0.15) is 0 Å². The van der Waals surface area contributed by atoms with Crippen molar-refractivity contribution in [3.05, 3.63) is 10.4 Å². The van der Waals surface area contributed by atoms with Crippen molar-refractivity contribution >= 4 is 18.4 Å². The Bertz CT molecular complexity index is 467. The summed E-state index contributed by atoms with van der Waals surface area (Å²) < 4.78 is 33.1. The Kier molecular flexibility index (Phi) is 7.91. The third kappa shape index (κ3) is 9.10. The summed E-state index contributed by atoms with van der Waals surface area (Å²) in [6, 6.07) is 0. The fourth-order valence-electron chi connectivity index (χ4n) is 1.26. The first kappa shape index (κ1) is 20.4. The third-order valence-electron chi connectivity index (χ3n) is 3.70. The van der Waals surface area contributed by atoms with Gasteiger partial charge in [-0.05, 0) is 30.1 Å². The van der Waals surface area contributed by atoms with Gasteiger partial charge in [-0.3, -0.25) is 4.18 Å². The van der Waals surface area contributed by atoms with E-state index in [0.29, 0.717) is 19.6 Å². The summed E-state index contributed by atoms with van der Waals surface area (Å²) in [4.78, 5) is 2.70. The Morgan fingerprint density at radius 3 is 2.29 bits per heavy atom. The van der Waals surface area contributed by atoms with Crippen molar-refractivity contribution < 1.29 is 17.0 Å². The Morgan fingerprint density at radius 1 is 1.29 bits per heavy atom. The number of azide groups is 1. The molecule has 0 aliphatic rings. The summed E-state index contributed by atoms with van der Waals surface area (Å²) in [5, 5.41) is 3.56. The van der Waals surface area contributed by atoms with Gasteiger partial charge in [-0.25, -0.2) is 0 Å². The molecule has 0 saturated carbocycles. The summed E-state index contributed by atoms with van der Waals surface area (Å²) in [5.74, 6) is -0.112. The van der Waals surface area contributed by atoms with Crippen LogP contribution >= 0.6 is 0 Å². The molecule has 0 unspecified atom stereocenters. The molecule has 0 aromatic heterocycles. The minimum absolute atomic E-state index is 0.0500. The van der Waals surface area contributed by atoms with Crippen LogP contribution in [0, 0.1) is 5.92 Å². The molecule has 0 heterocycles. The molecule has 0 amide bonds. The van der Waals surface area contributed by atoms with Crippen molar-refractivity contribution in [2.75, 3.05) is 26.0 Å². The second-order valence-corrected chi connectivity index (χ2v) is 13.1. The van der Waals surface area contributed by atoms with E-state index in [0.717, 1.165) is 6.26 Å². The van der Waals surface area contributed by atoms with Crippen LogP contribution in [0.4, 0.5) is 0 Å². The molecule has 0 saturated heterocycles. The summed E-state index contributed by atoms with van der Waals surface area (Å²) in [6.07, 6.45) is 1.56. The molecule has 0 N–H and O–H groups in total. The van der Waals surface area contributed by atoms with E-state index in [1.54, 1.807) is 0 Å². The highest BCUT2D eigenvalue weighted by atomic mass is 32.2. The molecular formula is C12H27N3O4SSi. The number of hydrogen-bond acceptors (Lipinski definition) is 5. The van der Waals surface area contributed by atoms with Crippen LogP contribution in [0.5, 0.6) is 0 Å². The van der Waals surface area contributed by atoms with E-state index < -0.39 is 18.4 Å². The lowest BCUT2D eigenvalue weighted by Gasteiger charge is -2.37. The molecule has 0 radical (unpaired) electrons. The maximum atomic E-state index is 11.1. The lowest BCUT2D eigenvalue weighted by Crippen LogP contribution is -2.42. The highest BCUT2D eigenvalue weighted by Gasteiger charge is 2.37. The Morgan fingerprint density at radius 2 is 1.86 bits per heavy atom. The van der Waals surface area contributed by atoms with E-state index in [9.17, 15) is 8.42 Å². The van der Waals surface area contributed by atoms with Gasteiger partial charge in [0.2, 0.25) is 0 Å². The van der Waals surface area contributed by atoms with E-state index in [4.69, 9.17) is 14.1 Å². The topological polar surface area (TPSA) is 101 Å².